The third kappa shape index (κ3) is 3.37. The normalized spacial score (nSPS) is 26.9. The first-order valence-corrected chi connectivity index (χ1v) is 7.41. The Morgan fingerprint density at radius 1 is 1.29 bits per heavy atom. The molecule has 0 fully saturated rings. The maximum atomic E-state index is 5.45. The van der Waals surface area contributed by atoms with Crippen molar-refractivity contribution in [1.82, 2.24) is 0 Å². The lowest BCUT2D eigenvalue weighted by molar-refractivity contribution is 0.161. The first kappa shape index (κ1) is 14.8. The lowest BCUT2D eigenvalue weighted by atomic mass is 9.68. The summed E-state index contributed by atoms with van der Waals surface area (Å²) in [4.78, 5) is 0. The van der Waals surface area contributed by atoms with Crippen LogP contribution in [0.25, 0.3) is 0 Å². The van der Waals surface area contributed by atoms with Crippen LogP contribution < -0.4 is 0 Å². The molecule has 2 atom stereocenters. The molecule has 3 radical (unpaired) electrons. The molecule has 1 aliphatic carbocycles. The van der Waals surface area contributed by atoms with Crippen LogP contribution in [-0.2, 0) is 4.43 Å². The van der Waals surface area contributed by atoms with E-state index in [-0.39, 0.29) is 0 Å². The maximum Gasteiger partial charge on any atom is 0.340 e. The molecule has 0 saturated carbocycles. The third-order valence-electron chi connectivity index (χ3n) is 4.27. The monoisotopic (exact) mass is 251 g/mol. The quantitative estimate of drug-likeness (QED) is 0.665. The molecule has 0 N–H and O–H groups in total. The van der Waals surface area contributed by atoms with Crippen molar-refractivity contribution in [3.05, 3.63) is 11.3 Å². The predicted molar refractivity (Wildman–Crippen MR) is 74.7 cm³/mol. The average Bonchev–Trinajstić information content (AvgIpc) is 2.45. The van der Waals surface area contributed by atoms with Gasteiger partial charge in [0.05, 0.1) is 5.76 Å². The van der Waals surface area contributed by atoms with E-state index in [0.29, 0.717) is 11.3 Å². The Kier molecular flexibility index (Phi) is 5.30. The minimum absolute atomic E-state index is 0.391. The topological polar surface area (TPSA) is 9.23 Å². The molecule has 0 heterocycles. The lowest BCUT2D eigenvalue weighted by Gasteiger charge is -2.37. The fourth-order valence-electron chi connectivity index (χ4n) is 3.44. The van der Waals surface area contributed by atoms with Gasteiger partial charge in [-0.1, -0.05) is 34.6 Å². The van der Waals surface area contributed by atoms with Crippen molar-refractivity contribution in [2.24, 2.45) is 17.3 Å². The van der Waals surface area contributed by atoms with E-state index >= 15 is 0 Å². The van der Waals surface area contributed by atoms with E-state index in [9.17, 15) is 0 Å². The zero-order valence-electron chi connectivity index (χ0n) is 12.1. The summed E-state index contributed by atoms with van der Waals surface area (Å²) < 4.78 is 5.45. The summed E-state index contributed by atoms with van der Waals surface area (Å²) in [5.41, 5.74) is 1.93. The highest BCUT2D eigenvalue weighted by atomic mass is 28.2. The zero-order chi connectivity index (χ0) is 13.1. The minimum atomic E-state index is 0.391. The number of hydrogen-bond donors (Lipinski definition) is 0. The molecular formula is C15H27OSi. The number of rotatable bonds is 3. The van der Waals surface area contributed by atoms with Crippen molar-refractivity contribution in [2.45, 2.75) is 66.7 Å². The first-order chi connectivity index (χ1) is 7.95. The summed E-state index contributed by atoms with van der Waals surface area (Å²) in [6.07, 6.45) is 6.01. The third-order valence-corrected chi connectivity index (χ3v) is 4.51. The van der Waals surface area contributed by atoms with Gasteiger partial charge in [-0.25, -0.2) is 0 Å². The molecule has 0 aromatic rings. The van der Waals surface area contributed by atoms with Crippen LogP contribution >= 0.6 is 0 Å². The Morgan fingerprint density at radius 3 is 2.35 bits per heavy atom. The van der Waals surface area contributed by atoms with E-state index in [1.165, 1.54) is 25.0 Å². The molecule has 97 valence electrons. The number of allylic oxidation sites excluding steroid dienone is 2. The second-order valence-electron chi connectivity index (χ2n) is 6.28. The molecule has 0 aromatic heterocycles. The van der Waals surface area contributed by atoms with Crippen LogP contribution in [0.5, 0.6) is 0 Å². The average molecular weight is 251 g/mol. The van der Waals surface area contributed by atoms with E-state index in [2.05, 4.69) is 45.1 Å². The summed E-state index contributed by atoms with van der Waals surface area (Å²) in [6, 6.07) is 0. The molecule has 1 aliphatic rings. The Labute approximate surface area is 111 Å². The van der Waals surface area contributed by atoms with Gasteiger partial charge in [-0.2, -0.15) is 0 Å². The highest BCUT2D eigenvalue weighted by Crippen LogP contribution is 2.45. The molecule has 2 unspecified atom stereocenters. The Hall–Kier alpha value is -0.243. The van der Waals surface area contributed by atoms with E-state index in [0.717, 1.165) is 18.8 Å². The molecule has 1 rings (SSSR count). The molecular weight excluding hydrogens is 224 g/mol. The first-order valence-electron chi connectivity index (χ1n) is 7.01. The van der Waals surface area contributed by atoms with Gasteiger partial charge in [0.15, 0.2) is 0 Å². The Bertz CT molecular complexity index is 275. The summed E-state index contributed by atoms with van der Waals surface area (Å²) in [5, 5.41) is 0. The van der Waals surface area contributed by atoms with Crippen molar-refractivity contribution >= 4 is 10.5 Å². The predicted octanol–water partition coefficient (Wildman–Crippen LogP) is 4.62. The Morgan fingerprint density at radius 2 is 1.94 bits per heavy atom. The van der Waals surface area contributed by atoms with Gasteiger partial charge in [0.25, 0.3) is 0 Å². The van der Waals surface area contributed by atoms with Crippen molar-refractivity contribution in [3.8, 4) is 0 Å². The van der Waals surface area contributed by atoms with Gasteiger partial charge >= 0.3 is 10.5 Å². The maximum absolute atomic E-state index is 5.45. The number of hydrogen-bond acceptors (Lipinski definition) is 1. The van der Waals surface area contributed by atoms with Gasteiger partial charge in [0.1, 0.15) is 0 Å². The van der Waals surface area contributed by atoms with E-state index in [4.69, 9.17) is 4.43 Å². The second kappa shape index (κ2) is 6.08. The van der Waals surface area contributed by atoms with Gasteiger partial charge in [-0.15, -0.1) is 0 Å². The van der Waals surface area contributed by atoms with Crippen molar-refractivity contribution < 1.29 is 4.43 Å². The van der Waals surface area contributed by atoms with Crippen LogP contribution in [0.2, 0.25) is 0 Å². The summed E-state index contributed by atoms with van der Waals surface area (Å²) >= 11 is 0. The second-order valence-corrected chi connectivity index (χ2v) is 6.49. The van der Waals surface area contributed by atoms with Crippen LogP contribution in [0.4, 0.5) is 0 Å². The summed E-state index contributed by atoms with van der Waals surface area (Å²) in [6.45, 7) is 11.7. The largest absolute Gasteiger partial charge is 0.544 e. The van der Waals surface area contributed by atoms with Gasteiger partial charge in [0, 0.05) is 6.42 Å². The highest BCUT2D eigenvalue weighted by molar-refractivity contribution is 5.98. The summed E-state index contributed by atoms with van der Waals surface area (Å²) in [7, 11) is 3.25. The summed E-state index contributed by atoms with van der Waals surface area (Å²) in [5.74, 6) is 2.67. The van der Waals surface area contributed by atoms with Gasteiger partial charge in [-0.05, 0) is 48.5 Å². The van der Waals surface area contributed by atoms with Gasteiger partial charge in [-0.3, -0.25) is 0 Å². The SMILES string of the molecule is CCC1=C(O[Si])CCCC(C(C)(C)C)C1CC. The Balaban J connectivity index is 3.10. The molecule has 0 aromatic carbocycles. The molecule has 0 aliphatic heterocycles. The molecule has 1 nitrogen and oxygen atoms in total. The molecule has 0 bridgehead atoms. The standard InChI is InChI=1S/C15H27OSi/c1-6-11-12(7-2)14(16-17)10-8-9-13(11)15(3,4)5/h11,13H,6-10H2,1-5H3. The molecule has 0 amide bonds. The van der Waals surface area contributed by atoms with Gasteiger partial charge in [0.2, 0.25) is 0 Å². The van der Waals surface area contributed by atoms with E-state index in [1.54, 1.807) is 5.57 Å². The van der Waals surface area contributed by atoms with Crippen LogP contribution in [0.15, 0.2) is 11.3 Å². The van der Waals surface area contributed by atoms with Crippen LogP contribution in [0.1, 0.15) is 66.7 Å². The van der Waals surface area contributed by atoms with Crippen molar-refractivity contribution in [2.75, 3.05) is 0 Å². The smallest absolute Gasteiger partial charge is 0.340 e. The molecule has 0 saturated heterocycles. The van der Waals surface area contributed by atoms with E-state index in [1.807, 2.05) is 0 Å². The fraction of sp³-hybridized carbons (Fsp3) is 0.867. The van der Waals surface area contributed by atoms with Crippen molar-refractivity contribution in [1.29, 1.82) is 0 Å². The van der Waals surface area contributed by atoms with Crippen molar-refractivity contribution in [3.63, 3.8) is 0 Å². The van der Waals surface area contributed by atoms with Gasteiger partial charge < -0.3 is 4.43 Å². The van der Waals surface area contributed by atoms with Crippen LogP contribution in [-0.4, -0.2) is 10.5 Å². The molecule has 17 heavy (non-hydrogen) atoms. The fourth-order valence-corrected chi connectivity index (χ4v) is 3.67. The molecule has 0 spiro atoms. The zero-order valence-corrected chi connectivity index (χ0v) is 13.1. The minimum Gasteiger partial charge on any atom is -0.544 e. The lowest BCUT2D eigenvalue weighted by Crippen LogP contribution is -2.28. The molecule has 2 heteroatoms. The van der Waals surface area contributed by atoms with Crippen LogP contribution in [0.3, 0.4) is 0 Å². The highest BCUT2D eigenvalue weighted by Gasteiger charge is 2.35. The van der Waals surface area contributed by atoms with E-state index < -0.39 is 0 Å². The van der Waals surface area contributed by atoms with Crippen LogP contribution in [0, 0.1) is 17.3 Å².